The Morgan fingerprint density at radius 1 is 1.50 bits per heavy atom. The van der Waals surface area contributed by atoms with E-state index in [2.05, 4.69) is 15.3 Å². The zero-order chi connectivity index (χ0) is 11.8. The second kappa shape index (κ2) is 3.88. The minimum absolute atomic E-state index is 0.519. The van der Waals surface area contributed by atoms with Gasteiger partial charge in [-0.05, 0) is 38.6 Å². The fourth-order valence-electron chi connectivity index (χ4n) is 1.92. The summed E-state index contributed by atoms with van der Waals surface area (Å²) in [5, 5.41) is 13.2. The summed E-state index contributed by atoms with van der Waals surface area (Å²) < 4.78 is 0. The standard InChI is InChI=1S/C12H17N3O/c1-8-14-10-5-4-9(6-11(10)15-8)12(2,16)7-13-3/h4-6,13,16H,7H2,1-3H3,(H,14,15). The van der Waals surface area contributed by atoms with Crippen molar-refractivity contribution in [3.8, 4) is 0 Å². The second-order valence-corrected chi connectivity index (χ2v) is 4.36. The number of hydrogen-bond donors (Lipinski definition) is 3. The highest BCUT2D eigenvalue weighted by Crippen LogP contribution is 2.23. The smallest absolute Gasteiger partial charge is 0.104 e. The van der Waals surface area contributed by atoms with Crippen molar-refractivity contribution in [1.82, 2.24) is 15.3 Å². The Labute approximate surface area is 94.7 Å². The lowest BCUT2D eigenvalue weighted by Crippen LogP contribution is -2.33. The largest absolute Gasteiger partial charge is 0.384 e. The van der Waals surface area contributed by atoms with E-state index in [1.54, 1.807) is 6.92 Å². The van der Waals surface area contributed by atoms with E-state index in [0.717, 1.165) is 22.4 Å². The number of aromatic amines is 1. The van der Waals surface area contributed by atoms with E-state index in [4.69, 9.17) is 0 Å². The number of likely N-dealkylation sites (N-methyl/N-ethyl adjacent to an activating group) is 1. The van der Waals surface area contributed by atoms with Crippen molar-refractivity contribution in [2.45, 2.75) is 19.4 Å². The average Bonchev–Trinajstić information content (AvgIpc) is 2.56. The van der Waals surface area contributed by atoms with Crippen LogP contribution in [0.3, 0.4) is 0 Å². The van der Waals surface area contributed by atoms with Crippen LogP contribution in [0.5, 0.6) is 0 Å². The van der Waals surface area contributed by atoms with Gasteiger partial charge in [0, 0.05) is 6.54 Å². The molecule has 1 unspecified atom stereocenters. The first kappa shape index (κ1) is 11.1. The van der Waals surface area contributed by atoms with E-state index in [1.807, 2.05) is 32.2 Å². The number of nitrogens with one attached hydrogen (secondary N) is 2. The molecule has 0 bridgehead atoms. The monoisotopic (exact) mass is 219 g/mol. The van der Waals surface area contributed by atoms with E-state index < -0.39 is 5.60 Å². The lowest BCUT2D eigenvalue weighted by Gasteiger charge is -2.23. The third-order valence-corrected chi connectivity index (χ3v) is 2.74. The molecule has 1 heterocycles. The van der Waals surface area contributed by atoms with E-state index in [1.165, 1.54) is 0 Å². The van der Waals surface area contributed by atoms with Gasteiger partial charge in [-0.15, -0.1) is 0 Å². The van der Waals surface area contributed by atoms with Crippen molar-refractivity contribution in [2.75, 3.05) is 13.6 Å². The molecule has 86 valence electrons. The average molecular weight is 219 g/mol. The van der Waals surface area contributed by atoms with Crippen LogP contribution < -0.4 is 5.32 Å². The highest BCUT2D eigenvalue weighted by molar-refractivity contribution is 5.76. The van der Waals surface area contributed by atoms with Crippen molar-refractivity contribution < 1.29 is 5.11 Å². The number of aromatic nitrogens is 2. The molecule has 2 aromatic rings. The lowest BCUT2D eigenvalue weighted by atomic mass is 9.96. The Morgan fingerprint density at radius 2 is 2.25 bits per heavy atom. The summed E-state index contributed by atoms with van der Waals surface area (Å²) in [5.74, 6) is 0.889. The number of benzene rings is 1. The molecule has 0 saturated carbocycles. The first-order valence-corrected chi connectivity index (χ1v) is 5.37. The molecule has 0 aliphatic carbocycles. The maximum atomic E-state index is 10.3. The van der Waals surface area contributed by atoms with Crippen LogP contribution in [0.15, 0.2) is 18.2 Å². The van der Waals surface area contributed by atoms with Gasteiger partial charge in [0.2, 0.25) is 0 Å². The van der Waals surface area contributed by atoms with E-state index in [0.29, 0.717) is 6.54 Å². The summed E-state index contributed by atoms with van der Waals surface area (Å²) in [7, 11) is 1.83. The van der Waals surface area contributed by atoms with E-state index in [-0.39, 0.29) is 0 Å². The molecule has 0 amide bonds. The van der Waals surface area contributed by atoms with Crippen LogP contribution in [-0.2, 0) is 5.60 Å². The van der Waals surface area contributed by atoms with Gasteiger partial charge in [-0.25, -0.2) is 4.98 Å². The summed E-state index contributed by atoms with van der Waals surface area (Å²) in [6.45, 7) is 4.24. The molecule has 4 nitrogen and oxygen atoms in total. The van der Waals surface area contributed by atoms with Gasteiger partial charge < -0.3 is 15.4 Å². The molecular weight excluding hydrogens is 202 g/mol. The SMILES string of the molecule is CNCC(C)(O)c1ccc2nc(C)[nH]c2c1. The third-order valence-electron chi connectivity index (χ3n) is 2.74. The van der Waals surface area contributed by atoms with Crippen molar-refractivity contribution in [3.05, 3.63) is 29.6 Å². The maximum absolute atomic E-state index is 10.3. The number of aryl methyl sites for hydroxylation is 1. The highest BCUT2D eigenvalue weighted by atomic mass is 16.3. The number of H-pyrrole nitrogens is 1. The third kappa shape index (κ3) is 1.94. The van der Waals surface area contributed by atoms with Crippen LogP contribution in [0, 0.1) is 6.92 Å². The van der Waals surface area contributed by atoms with Crippen molar-refractivity contribution >= 4 is 11.0 Å². The van der Waals surface area contributed by atoms with Gasteiger partial charge in [-0.3, -0.25) is 0 Å². The topological polar surface area (TPSA) is 60.9 Å². The normalized spacial score (nSPS) is 15.2. The van der Waals surface area contributed by atoms with Crippen molar-refractivity contribution in [3.63, 3.8) is 0 Å². The maximum Gasteiger partial charge on any atom is 0.104 e. The second-order valence-electron chi connectivity index (χ2n) is 4.36. The molecule has 0 aliphatic heterocycles. The van der Waals surface area contributed by atoms with Crippen LogP contribution in [0.1, 0.15) is 18.3 Å². The predicted octanol–water partition coefficient (Wildman–Crippen LogP) is 1.30. The Morgan fingerprint density at radius 3 is 2.94 bits per heavy atom. The van der Waals surface area contributed by atoms with Crippen molar-refractivity contribution in [2.24, 2.45) is 0 Å². The minimum Gasteiger partial charge on any atom is -0.384 e. The molecule has 0 aliphatic rings. The van der Waals surface area contributed by atoms with Gasteiger partial charge in [0.25, 0.3) is 0 Å². The Hall–Kier alpha value is -1.39. The molecule has 0 spiro atoms. The molecule has 1 aromatic carbocycles. The summed E-state index contributed by atoms with van der Waals surface area (Å²) in [6.07, 6.45) is 0. The molecule has 1 aromatic heterocycles. The van der Waals surface area contributed by atoms with Gasteiger partial charge in [0.1, 0.15) is 5.82 Å². The number of rotatable bonds is 3. The Bertz CT molecular complexity index is 502. The van der Waals surface area contributed by atoms with E-state index >= 15 is 0 Å². The molecule has 0 saturated heterocycles. The van der Waals surface area contributed by atoms with Crippen LogP contribution in [-0.4, -0.2) is 28.7 Å². The number of nitrogens with zero attached hydrogens (tertiary/aromatic N) is 1. The molecule has 0 radical (unpaired) electrons. The lowest BCUT2D eigenvalue weighted by molar-refractivity contribution is 0.0593. The molecule has 3 N–H and O–H groups in total. The van der Waals surface area contributed by atoms with Crippen LogP contribution in [0.2, 0.25) is 0 Å². The minimum atomic E-state index is -0.859. The summed E-state index contributed by atoms with van der Waals surface area (Å²) in [6, 6.07) is 5.80. The molecule has 1 atom stereocenters. The van der Waals surface area contributed by atoms with Crippen LogP contribution in [0.4, 0.5) is 0 Å². The zero-order valence-corrected chi connectivity index (χ0v) is 9.83. The number of hydrogen-bond acceptors (Lipinski definition) is 3. The quantitative estimate of drug-likeness (QED) is 0.729. The molecule has 2 rings (SSSR count). The number of fused-ring (bicyclic) bond motifs is 1. The molecular formula is C12H17N3O. The van der Waals surface area contributed by atoms with Crippen LogP contribution in [0.25, 0.3) is 11.0 Å². The zero-order valence-electron chi connectivity index (χ0n) is 9.83. The van der Waals surface area contributed by atoms with Crippen molar-refractivity contribution in [1.29, 1.82) is 0 Å². The molecule has 4 heteroatoms. The van der Waals surface area contributed by atoms with Gasteiger partial charge in [-0.2, -0.15) is 0 Å². The van der Waals surface area contributed by atoms with E-state index in [9.17, 15) is 5.11 Å². The van der Waals surface area contributed by atoms with Gasteiger partial charge in [-0.1, -0.05) is 6.07 Å². The molecule has 16 heavy (non-hydrogen) atoms. The highest BCUT2D eigenvalue weighted by Gasteiger charge is 2.22. The fourth-order valence-corrected chi connectivity index (χ4v) is 1.92. The summed E-state index contributed by atoms with van der Waals surface area (Å²) >= 11 is 0. The summed E-state index contributed by atoms with van der Waals surface area (Å²) in [4.78, 5) is 7.50. The van der Waals surface area contributed by atoms with Gasteiger partial charge in [0.15, 0.2) is 0 Å². The Kier molecular flexibility index (Phi) is 2.69. The van der Waals surface area contributed by atoms with Gasteiger partial charge in [0.05, 0.1) is 16.6 Å². The predicted molar refractivity (Wildman–Crippen MR) is 64.3 cm³/mol. The first-order valence-electron chi connectivity index (χ1n) is 5.37. The number of aliphatic hydroxyl groups is 1. The number of imidazole rings is 1. The van der Waals surface area contributed by atoms with Crippen LogP contribution >= 0.6 is 0 Å². The fraction of sp³-hybridized carbons (Fsp3) is 0.417. The first-order chi connectivity index (χ1) is 7.53. The van der Waals surface area contributed by atoms with Gasteiger partial charge >= 0.3 is 0 Å². The summed E-state index contributed by atoms with van der Waals surface area (Å²) in [5.41, 5.74) is 1.92. The molecule has 0 fully saturated rings. The Balaban J connectivity index is 2.45.